The van der Waals surface area contributed by atoms with E-state index >= 15 is 0 Å². The van der Waals surface area contributed by atoms with Crippen molar-refractivity contribution in [3.05, 3.63) is 24.3 Å². The van der Waals surface area contributed by atoms with Gasteiger partial charge in [-0.05, 0) is 18.8 Å². The standard InChI is InChI=1S/C17H16F9N3O.ClH/c18-14(19,15(20,21)16(22,23)17(24,25)26)3-8-30-13-12(27-4-5-28-13)11-9-29-6-1-10(11)2-7-29;/h4-5,9-10H,1-3,6-8H2;1H. The smallest absolute Gasteiger partial charge is 0.460 e. The minimum absolute atomic E-state index is 0. The Bertz CT molecular complexity index is 808. The summed E-state index contributed by atoms with van der Waals surface area (Å²) in [7, 11) is 0. The number of halogens is 10. The summed E-state index contributed by atoms with van der Waals surface area (Å²) in [6.07, 6.45) is -3.09. The fourth-order valence-corrected chi connectivity index (χ4v) is 3.37. The van der Waals surface area contributed by atoms with Crippen molar-refractivity contribution >= 4 is 18.0 Å². The van der Waals surface area contributed by atoms with Crippen LogP contribution in [0.25, 0.3) is 5.57 Å². The molecule has 0 spiro atoms. The average Bonchev–Trinajstić information content (AvgIpc) is 2.68. The van der Waals surface area contributed by atoms with Gasteiger partial charge in [0.25, 0.3) is 0 Å². The zero-order chi connectivity index (χ0) is 22.4. The van der Waals surface area contributed by atoms with Crippen LogP contribution in [0.1, 0.15) is 25.0 Å². The highest BCUT2D eigenvalue weighted by Crippen LogP contribution is 2.54. The molecule has 0 aromatic carbocycles. The van der Waals surface area contributed by atoms with Gasteiger partial charge in [0.15, 0.2) is 0 Å². The highest BCUT2D eigenvalue weighted by Gasteiger charge is 2.81. The Morgan fingerprint density at radius 2 is 1.48 bits per heavy atom. The molecule has 0 amide bonds. The molecule has 2 bridgehead atoms. The second-order valence-electron chi connectivity index (χ2n) is 7.05. The van der Waals surface area contributed by atoms with Crippen molar-refractivity contribution in [2.24, 2.45) is 5.92 Å². The zero-order valence-electron chi connectivity index (χ0n) is 15.6. The molecule has 1 aromatic rings. The summed E-state index contributed by atoms with van der Waals surface area (Å²) in [4.78, 5) is 9.87. The largest absolute Gasteiger partial charge is 0.476 e. The Labute approximate surface area is 176 Å². The normalized spacial score (nSPS) is 18.0. The summed E-state index contributed by atoms with van der Waals surface area (Å²) in [6, 6.07) is 0. The number of rotatable bonds is 7. The number of hydrogen-bond donors (Lipinski definition) is 0. The number of fused-ring (bicyclic) bond motifs is 2. The van der Waals surface area contributed by atoms with Gasteiger partial charge in [0, 0.05) is 37.3 Å². The van der Waals surface area contributed by atoms with Gasteiger partial charge in [0.1, 0.15) is 5.69 Å². The summed E-state index contributed by atoms with van der Waals surface area (Å²) >= 11 is 0. The molecule has 1 aromatic heterocycles. The third-order valence-corrected chi connectivity index (χ3v) is 5.09. The molecule has 1 saturated heterocycles. The van der Waals surface area contributed by atoms with E-state index < -0.39 is 37.0 Å². The van der Waals surface area contributed by atoms with Crippen molar-refractivity contribution in [2.75, 3.05) is 19.7 Å². The molecule has 1 fully saturated rings. The third kappa shape index (κ3) is 4.51. The molecular formula is C17H17ClF9N3O. The molecule has 4 nitrogen and oxygen atoms in total. The van der Waals surface area contributed by atoms with Crippen molar-refractivity contribution < 1.29 is 44.3 Å². The third-order valence-electron chi connectivity index (χ3n) is 5.09. The first-order valence-electron chi connectivity index (χ1n) is 8.88. The Morgan fingerprint density at radius 3 is 2.00 bits per heavy atom. The maximum Gasteiger partial charge on any atom is 0.460 e. The summed E-state index contributed by atoms with van der Waals surface area (Å²) in [5, 5.41) is 0. The second-order valence-corrected chi connectivity index (χ2v) is 7.05. The number of allylic oxidation sites excluding steroid dienone is 1. The van der Waals surface area contributed by atoms with E-state index in [9.17, 15) is 39.5 Å². The number of hydrogen-bond acceptors (Lipinski definition) is 4. The van der Waals surface area contributed by atoms with Gasteiger partial charge in [-0.2, -0.15) is 39.5 Å². The summed E-state index contributed by atoms with van der Waals surface area (Å²) in [6.45, 7) is 0.364. The van der Waals surface area contributed by atoms with E-state index in [4.69, 9.17) is 4.74 Å². The first-order valence-corrected chi connectivity index (χ1v) is 8.88. The lowest BCUT2D eigenvalue weighted by Gasteiger charge is -2.39. The first kappa shape index (κ1) is 25.3. The van der Waals surface area contributed by atoms with E-state index in [-0.39, 0.29) is 29.9 Å². The lowest BCUT2D eigenvalue weighted by atomic mass is 9.84. The molecule has 176 valence electrons. The Morgan fingerprint density at radius 1 is 0.903 bits per heavy atom. The topological polar surface area (TPSA) is 38.3 Å². The summed E-state index contributed by atoms with van der Waals surface area (Å²) in [5.41, 5.74) is 0.888. The molecule has 0 saturated carbocycles. The minimum Gasteiger partial charge on any atom is -0.476 e. The van der Waals surface area contributed by atoms with Gasteiger partial charge < -0.3 is 9.64 Å². The van der Waals surface area contributed by atoms with Gasteiger partial charge in [-0.15, -0.1) is 12.4 Å². The second kappa shape index (κ2) is 8.55. The predicted molar refractivity (Wildman–Crippen MR) is 92.6 cm³/mol. The molecule has 0 aliphatic carbocycles. The SMILES string of the molecule is Cl.FC(F)(F)C(F)(F)C(F)(F)C(F)(F)CCOc1nccnc1C1=CN2CCC1CC2. The highest BCUT2D eigenvalue weighted by atomic mass is 35.5. The molecule has 0 atom stereocenters. The lowest BCUT2D eigenvalue weighted by molar-refractivity contribution is -0.397. The quantitative estimate of drug-likeness (QED) is 0.498. The lowest BCUT2D eigenvalue weighted by Crippen LogP contribution is -2.61. The molecule has 14 heteroatoms. The Balaban J connectivity index is 0.00000341. The molecular weight excluding hydrogens is 469 g/mol. The molecule has 3 aliphatic heterocycles. The van der Waals surface area contributed by atoms with Crippen LogP contribution in [0, 0.1) is 5.92 Å². The number of nitrogens with zero attached hydrogens (tertiary/aromatic N) is 3. The van der Waals surface area contributed by atoms with Crippen LogP contribution >= 0.6 is 12.4 Å². The summed E-state index contributed by atoms with van der Waals surface area (Å²) in [5.74, 6) is -19.5. The fourth-order valence-electron chi connectivity index (χ4n) is 3.37. The monoisotopic (exact) mass is 485 g/mol. The summed E-state index contributed by atoms with van der Waals surface area (Å²) < 4.78 is 121. The van der Waals surface area contributed by atoms with Crippen LogP contribution < -0.4 is 4.74 Å². The molecule has 31 heavy (non-hydrogen) atoms. The average molecular weight is 486 g/mol. The van der Waals surface area contributed by atoms with E-state index in [0.717, 1.165) is 32.1 Å². The van der Waals surface area contributed by atoms with Gasteiger partial charge in [-0.3, -0.25) is 0 Å². The van der Waals surface area contributed by atoms with Crippen LogP contribution in [0.4, 0.5) is 39.5 Å². The molecule has 0 N–H and O–H groups in total. The minimum atomic E-state index is -6.91. The Kier molecular flexibility index (Phi) is 6.99. The molecule has 0 unspecified atom stereocenters. The van der Waals surface area contributed by atoms with Crippen molar-refractivity contribution in [1.82, 2.24) is 14.9 Å². The number of alkyl halides is 9. The van der Waals surface area contributed by atoms with Crippen molar-refractivity contribution in [3.63, 3.8) is 0 Å². The molecule has 4 rings (SSSR count). The van der Waals surface area contributed by atoms with E-state index in [2.05, 4.69) is 9.97 Å². The Hall–Kier alpha value is -1.92. The van der Waals surface area contributed by atoms with Crippen LogP contribution in [0.15, 0.2) is 18.6 Å². The number of ether oxygens (including phenoxy) is 1. The van der Waals surface area contributed by atoms with E-state index in [1.54, 1.807) is 6.20 Å². The molecule has 0 radical (unpaired) electrons. The van der Waals surface area contributed by atoms with Crippen LogP contribution in [-0.4, -0.2) is 58.5 Å². The number of aromatic nitrogens is 2. The van der Waals surface area contributed by atoms with Crippen LogP contribution in [0.5, 0.6) is 5.88 Å². The fraction of sp³-hybridized carbons (Fsp3) is 0.647. The number of piperidine rings is 1. The van der Waals surface area contributed by atoms with E-state index in [1.807, 2.05) is 4.90 Å². The van der Waals surface area contributed by atoms with Gasteiger partial charge in [-0.1, -0.05) is 0 Å². The van der Waals surface area contributed by atoms with Crippen molar-refractivity contribution in [1.29, 1.82) is 0 Å². The van der Waals surface area contributed by atoms with Gasteiger partial charge in [-0.25, -0.2) is 9.97 Å². The highest BCUT2D eigenvalue weighted by molar-refractivity contribution is 5.85. The maximum absolute atomic E-state index is 13.6. The van der Waals surface area contributed by atoms with Crippen LogP contribution in [0.2, 0.25) is 0 Å². The first-order chi connectivity index (χ1) is 13.8. The van der Waals surface area contributed by atoms with Crippen LogP contribution in [-0.2, 0) is 0 Å². The van der Waals surface area contributed by atoms with Crippen LogP contribution in [0.3, 0.4) is 0 Å². The molecule has 4 heterocycles. The molecule has 3 aliphatic rings. The van der Waals surface area contributed by atoms with Gasteiger partial charge >= 0.3 is 23.9 Å². The van der Waals surface area contributed by atoms with Crippen molar-refractivity contribution in [3.8, 4) is 5.88 Å². The maximum atomic E-state index is 13.6. The van der Waals surface area contributed by atoms with Crippen molar-refractivity contribution in [2.45, 2.75) is 43.2 Å². The van der Waals surface area contributed by atoms with E-state index in [1.165, 1.54) is 6.20 Å². The van der Waals surface area contributed by atoms with E-state index in [0.29, 0.717) is 5.57 Å². The van der Waals surface area contributed by atoms with Gasteiger partial charge in [0.2, 0.25) is 5.88 Å². The predicted octanol–water partition coefficient (Wildman–Crippen LogP) is 5.20. The van der Waals surface area contributed by atoms with Gasteiger partial charge in [0.05, 0.1) is 13.0 Å². The zero-order valence-corrected chi connectivity index (χ0v) is 16.4.